The van der Waals surface area contributed by atoms with Crippen LogP contribution in [0.2, 0.25) is 0 Å². The lowest BCUT2D eigenvalue weighted by Gasteiger charge is -2.23. The van der Waals surface area contributed by atoms with Crippen LogP contribution in [0.1, 0.15) is 44.3 Å². The molecule has 0 aliphatic rings. The first kappa shape index (κ1) is 13.3. The molecule has 0 saturated heterocycles. The molecule has 0 aromatic carbocycles. The largest absolute Gasteiger partial charge is 0.465 e. The minimum absolute atomic E-state index is 0.00759. The van der Waals surface area contributed by atoms with Crippen LogP contribution in [-0.2, 0) is 0 Å². The van der Waals surface area contributed by atoms with Crippen LogP contribution in [0.25, 0.3) is 0 Å². The van der Waals surface area contributed by atoms with Crippen LogP contribution in [0, 0.1) is 6.92 Å². The summed E-state index contributed by atoms with van der Waals surface area (Å²) in [5.41, 5.74) is 6.13. The van der Waals surface area contributed by atoms with E-state index in [2.05, 4.69) is 18.7 Å². The van der Waals surface area contributed by atoms with Gasteiger partial charge in [-0.3, -0.25) is 0 Å². The Morgan fingerprint density at radius 1 is 1.25 bits per heavy atom. The number of hydrogen-bond donors (Lipinski definition) is 1. The maximum absolute atomic E-state index is 6.13. The van der Waals surface area contributed by atoms with Crippen molar-refractivity contribution in [3.8, 4) is 0 Å². The number of hydrogen-bond acceptors (Lipinski definition) is 3. The van der Waals surface area contributed by atoms with E-state index < -0.39 is 0 Å². The number of nitrogens with two attached hydrogens (primary N) is 1. The predicted octanol–water partition coefficient (Wildman–Crippen LogP) is 2.71. The van der Waals surface area contributed by atoms with Crippen molar-refractivity contribution in [3.63, 3.8) is 0 Å². The molecule has 1 unspecified atom stereocenters. The minimum atomic E-state index is -0.00759. The van der Waals surface area contributed by atoms with E-state index in [1.54, 1.807) is 0 Å². The van der Waals surface area contributed by atoms with E-state index in [4.69, 9.17) is 10.2 Å². The van der Waals surface area contributed by atoms with Gasteiger partial charge in [-0.05, 0) is 45.0 Å². The Morgan fingerprint density at radius 3 is 2.31 bits per heavy atom. The Kier molecular flexibility index (Phi) is 5.56. The molecule has 1 atom stereocenters. The second kappa shape index (κ2) is 6.71. The molecule has 0 amide bonds. The van der Waals surface area contributed by atoms with Crippen LogP contribution in [0.4, 0.5) is 0 Å². The van der Waals surface area contributed by atoms with Crippen molar-refractivity contribution in [2.45, 2.75) is 39.7 Å². The lowest BCUT2D eigenvalue weighted by molar-refractivity contribution is 0.247. The Bertz CT molecular complexity index is 290. The molecule has 3 heteroatoms. The number of nitrogens with zero attached hydrogens (tertiary/aromatic N) is 1. The third-order valence-electron chi connectivity index (χ3n) is 2.66. The fraction of sp³-hybridized carbons (Fsp3) is 0.692. The minimum Gasteiger partial charge on any atom is -0.465 e. The molecule has 3 nitrogen and oxygen atoms in total. The topological polar surface area (TPSA) is 42.4 Å². The summed E-state index contributed by atoms with van der Waals surface area (Å²) in [4.78, 5) is 2.41. The molecule has 1 heterocycles. The van der Waals surface area contributed by atoms with Gasteiger partial charge in [0, 0.05) is 6.54 Å². The van der Waals surface area contributed by atoms with Gasteiger partial charge in [-0.25, -0.2) is 0 Å². The van der Waals surface area contributed by atoms with E-state index in [1.807, 2.05) is 19.1 Å². The smallest absolute Gasteiger partial charge is 0.122 e. The van der Waals surface area contributed by atoms with Crippen LogP contribution in [0.15, 0.2) is 16.5 Å². The molecule has 0 saturated carbocycles. The lowest BCUT2D eigenvalue weighted by Crippen LogP contribution is -2.33. The van der Waals surface area contributed by atoms with Crippen molar-refractivity contribution >= 4 is 0 Å². The first-order valence-electron chi connectivity index (χ1n) is 6.21. The highest BCUT2D eigenvalue weighted by atomic mass is 16.3. The third-order valence-corrected chi connectivity index (χ3v) is 2.66. The molecule has 0 aliphatic carbocycles. The number of aryl methyl sites for hydroxylation is 1. The second-order valence-corrected chi connectivity index (χ2v) is 4.36. The molecule has 0 spiro atoms. The standard InChI is InChI=1S/C13H24N2O/c1-4-8-15(9-5-2)10-12(14)13-7-6-11(3)16-13/h6-7,12H,4-5,8-10,14H2,1-3H3. The van der Waals surface area contributed by atoms with Crippen LogP contribution in [-0.4, -0.2) is 24.5 Å². The van der Waals surface area contributed by atoms with Gasteiger partial charge in [0.25, 0.3) is 0 Å². The van der Waals surface area contributed by atoms with Gasteiger partial charge in [-0.1, -0.05) is 13.8 Å². The highest BCUT2D eigenvalue weighted by Crippen LogP contribution is 2.15. The van der Waals surface area contributed by atoms with E-state index in [-0.39, 0.29) is 6.04 Å². The van der Waals surface area contributed by atoms with Gasteiger partial charge in [0.15, 0.2) is 0 Å². The highest BCUT2D eigenvalue weighted by molar-refractivity contribution is 5.09. The quantitative estimate of drug-likeness (QED) is 0.774. The first-order chi connectivity index (χ1) is 7.67. The van der Waals surface area contributed by atoms with E-state index in [9.17, 15) is 0 Å². The maximum atomic E-state index is 6.13. The average molecular weight is 224 g/mol. The molecule has 92 valence electrons. The summed E-state index contributed by atoms with van der Waals surface area (Å²) in [7, 11) is 0. The predicted molar refractivity (Wildman–Crippen MR) is 67.4 cm³/mol. The molecule has 1 aromatic heterocycles. The Hall–Kier alpha value is -0.800. The summed E-state index contributed by atoms with van der Waals surface area (Å²) in [6, 6.07) is 3.95. The SMILES string of the molecule is CCCN(CCC)CC(N)c1ccc(C)o1. The van der Waals surface area contributed by atoms with Crippen LogP contribution < -0.4 is 5.73 Å². The summed E-state index contributed by atoms with van der Waals surface area (Å²) < 4.78 is 5.55. The van der Waals surface area contributed by atoms with Crippen molar-refractivity contribution in [3.05, 3.63) is 23.7 Å². The summed E-state index contributed by atoms with van der Waals surface area (Å²) in [5.74, 6) is 1.83. The van der Waals surface area contributed by atoms with Crippen molar-refractivity contribution in [2.24, 2.45) is 5.73 Å². The Balaban J connectivity index is 2.50. The fourth-order valence-electron chi connectivity index (χ4n) is 1.95. The normalized spacial score (nSPS) is 13.3. The molecule has 0 fully saturated rings. The summed E-state index contributed by atoms with van der Waals surface area (Å²) in [6.45, 7) is 9.46. The zero-order valence-electron chi connectivity index (χ0n) is 10.7. The van der Waals surface area contributed by atoms with Gasteiger partial charge in [-0.15, -0.1) is 0 Å². The zero-order chi connectivity index (χ0) is 12.0. The molecule has 0 aliphatic heterocycles. The summed E-state index contributed by atoms with van der Waals surface area (Å²) in [6.07, 6.45) is 2.34. The van der Waals surface area contributed by atoms with Gasteiger partial charge in [0.05, 0.1) is 6.04 Å². The van der Waals surface area contributed by atoms with Gasteiger partial charge in [0.2, 0.25) is 0 Å². The number of furan rings is 1. The molecule has 2 N–H and O–H groups in total. The third kappa shape index (κ3) is 3.99. The second-order valence-electron chi connectivity index (χ2n) is 4.36. The molecule has 1 rings (SSSR count). The zero-order valence-corrected chi connectivity index (χ0v) is 10.7. The molecule has 0 bridgehead atoms. The average Bonchev–Trinajstić information content (AvgIpc) is 2.65. The molecule has 0 radical (unpaired) electrons. The molecule has 16 heavy (non-hydrogen) atoms. The molecular formula is C13H24N2O. The molecular weight excluding hydrogens is 200 g/mol. The van der Waals surface area contributed by atoms with Crippen LogP contribution in [0.5, 0.6) is 0 Å². The van der Waals surface area contributed by atoms with E-state index >= 15 is 0 Å². The Morgan fingerprint density at radius 2 is 1.88 bits per heavy atom. The Labute approximate surface area is 98.6 Å². The van der Waals surface area contributed by atoms with Gasteiger partial charge in [0.1, 0.15) is 11.5 Å². The van der Waals surface area contributed by atoms with Gasteiger partial charge >= 0.3 is 0 Å². The lowest BCUT2D eigenvalue weighted by atomic mass is 10.2. The van der Waals surface area contributed by atoms with E-state index in [1.165, 1.54) is 12.8 Å². The van der Waals surface area contributed by atoms with Crippen LogP contribution >= 0.6 is 0 Å². The van der Waals surface area contributed by atoms with Gasteiger partial charge < -0.3 is 15.1 Å². The van der Waals surface area contributed by atoms with Crippen molar-refractivity contribution in [1.82, 2.24) is 4.90 Å². The maximum Gasteiger partial charge on any atom is 0.122 e. The first-order valence-corrected chi connectivity index (χ1v) is 6.21. The number of rotatable bonds is 7. The fourth-order valence-corrected chi connectivity index (χ4v) is 1.95. The molecule has 1 aromatic rings. The summed E-state index contributed by atoms with van der Waals surface area (Å²) in [5, 5.41) is 0. The van der Waals surface area contributed by atoms with Crippen LogP contribution in [0.3, 0.4) is 0 Å². The highest BCUT2D eigenvalue weighted by Gasteiger charge is 2.13. The van der Waals surface area contributed by atoms with Crippen molar-refractivity contribution < 1.29 is 4.42 Å². The van der Waals surface area contributed by atoms with Crippen molar-refractivity contribution in [1.29, 1.82) is 0 Å². The van der Waals surface area contributed by atoms with E-state index in [0.29, 0.717) is 0 Å². The summed E-state index contributed by atoms with van der Waals surface area (Å²) >= 11 is 0. The van der Waals surface area contributed by atoms with Crippen molar-refractivity contribution in [2.75, 3.05) is 19.6 Å². The van der Waals surface area contributed by atoms with Gasteiger partial charge in [-0.2, -0.15) is 0 Å². The van der Waals surface area contributed by atoms with E-state index in [0.717, 1.165) is 31.2 Å². The monoisotopic (exact) mass is 224 g/mol.